The van der Waals surface area contributed by atoms with E-state index in [0.29, 0.717) is 13.1 Å². The maximum absolute atomic E-state index is 11.5. The van der Waals surface area contributed by atoms with E-state index in [1.807, 2.05) is 25.1 Å². The lowest BCUT2D eigenvalue weighted by atomic mass is 10.1. The maximum atomic E-state index is 11.5. The van der Waals surface area contributed by atoms with Gasteiger partial charge in [-0.25, -0.2) is 0 Å². The van der Waals surface area contributed by atoms with Crippen molar-refractivity contribution in [3.8, 4) is 5.75 Å². The fourth-order valence-electron chi connectivity index (χ4n) is 1.60. The second-order valence-electron chi connectivity index (χ2n) is 5.57. The fraction of sp³-hybridized carbons (Fsp3) is 0.533. The number of nitrogens with one attached hydrogen (secondary N) is 2. The molecule has 0 spiro atoms. The number of para-hydroxylation sites is 1. The van der Waals surface area contributed by atoms with E-state index in [-0.39, 0.29) is 18.1 Å². The van der Waals surface area contributed by atoms with Crippen molar-refractivity contribution in [3.05, 3.63) is 28.2 Å². The van der Waals surface area contributed by atoms with E-state index in [9.17, 15) is 4.79 Å². The molecule has 0 fully saturated rings. The van der Waals surface area contributed by atoms with E-state index in [2.05, 4.69) is 47.3 Å². The highest BCUT2D eigenvalue weighted by atomic mass is 79.9. The van der Waals surface area contributed by atoms with Gasteiger partial charge in [-0.2, -0.15) is 0 Å². The predicted octanol–water partition coefficient (Wildman–Crippen LogP) is 2.85. The molecule has 0 atom stereocenters. The number of carbonyl (C=O) groups is 1. The standard InChI is InChI=1S/C15H23BrN2O2/c1-5-17-13(19)10-20-14-11(7-6-8-12(14)16)9-18-15(2,3)4/h6-8,18H,5,9-10H2,1-4H3,(H,17,19). The van der Waals surface area contributed by atoms with Gasteiger partial charge < -0.3 is 15.4 Å². The summed E-state index contributed by atoms with van der Waals surface area (Å²) in [6.45, 7) is 9.54. The number of ether oxygens (including phenoxy) is 1. The molecule has 2 N–H and O–H groups in total. The second kappa shape index (κ2) is 7.64. The molecule has 0 saturated heterocycles. The summed E-state index contributed by atoms with van der Waals surface area (Å²) in [5.74, 6) is 0.605. The molecule has 0 aromatic heterocycles. The summed E-state index contributed by atoms with van der Waals surface area (Å²) >= 11 is 3.47. The topological polar surface area (TPSA) is 50.4 Å². The summed E-state index contributed by atoms with van der Waals surface area (Å²) in [4.78, 5) is 11.5. The van der Waals surface area contributed by atoms with Crippen LogP contribution in [0.5, 0.6) is 5.75 Å². The molecule has 0 radical (unpaired) electrons. The number of benzene rings is 1. The molecule has 20 heavy (non-hydrogen) atoms. The van der Waals surface area contributed by atoms with Crippen molar-refractivity contribution in [1.29, 1.82) is 0 Å². The number of rotatable bonds is 6. The number of hydrogen-bond donors (Lipinski definition) is 2. The molecule has 0 aliphatic carbocycles. The van der Waals surface area contributed by atoms with E-state index in [0.717, 1.165) is 15.8 Å². The Morgan fingerprint density at radius 1 is 1.35 bits per heavy atom. The Labute approximate surface area is 129 Å². The highest BCUT2D eigenvalue weighted by Crippen LogP contribution is 2.29. The number of halogens is 1. The molecule has 4 nitrogen and oxygen atoms in total. The maximum Gasteiger partial charge on any atom is 0.257 e. The molecule has 1 aromatic carbocycles. The highest BCUT2D eigenvalue weighted by Gasteiger charge is 2.13. The predicted molar refractivity (Wildman–Crippen MR) is 84.9 cm³/mol. The lowest BCUT2D eigenvalue weighted by Gasteiger charge is -2.22. The van der Waals surface area contributed by atoms with E-state index in [1.165, 1.54) is 0 Å². The summed E-state index contributed by atoms with van der Waals surface area (Å²) in [5, 5.41) is 6.13. The molecule has 5 heteroatoms. The van der Waals surface area contributed by atoms with Gasteiger partial charge in [0, 0.05) is 24.2 Å². The Hall–Kier alpha value is -1.07. The van der Waals surface area contributed by atoms with E-state index >= 15 is 0 Å². The summed E-state index contributed by atoms with van der Waals surface area (Å²) < 4.78 is 6.51. The molecular formula is C15H23BrN2O2. The van der Waals surface area contributed by atoms with Crippen LogP contribution in [0.25, 0.3) is 0 Å². The van der Waals surface area contributed by atoms with Gasteiger partial charge in [0.25, 0.3) is 5.91 Å². The minimum absolute atomic E-state index is 0.0268. The number of likely N-dealkylation sites (N-methyl/N-ethyl adjacent to an activating group) is 1. The zero-order chi connectivity index (χ0) is 15.2. The van der Waals surface area contributed by atoms with Crippen LogP contribution in [0.1, 0.15) is 33.3 Å². The van der Waals surface area contributed by atoms with Crippen LogP contribution in [0.4, 0.5) is 0 Å². The van der Waals surface area contributed by atoms with Crippen molar-refractivity contribution in [2.24, 2.45) is 0 Å². The smallest absolute Gasteiger partial charge is 0.257 e. The summed E-state index contributed by atoms with van der Waals surface area (Å²) in [5.41, 5.74) is 1.05. The summed E-state index contributed by atoms with van der Waals surface area (Å²) in [7, 11) is 0. The van der Waals surface area contributed by atoms with Crippen molar-refractivity contribution in [2.75, 3.05) is 13.2 Å². The van der Waals surface area contributed by atoms with Gasteiger partial charge in [-0.05, 0) is 49.7 Å². The highest BCUT2D eigenvalue weighted by molar-refractivity contribution is 9.10. The average Bonchev–Trinajstić information content (AvgIpc) is 2.34. The third-order valence-electron chi connectivity index (χ3n) is 2.58. The lowest BCUT2D eigenvalue weighted by Crippen LogP contribution is -2.35. The molecular weight excluding hydrogens is 320 g/mol. The Bertz CT molecular complexity index is 456. The Morgan fingerprint density at radius 2 is 2.05 bits per heavy atom. The first-order valence-corrected chi connectivity index (χ1v) is 7.54. The van der Waals surface area contributed by atoms with Crippen molar-refractivity contribution < 1.29 is 9.53 Å². The van der Waals surface area contributed by atoms with Crippen molar-refractivity contribution in [1.82, 2.24) is 10.6 Å². The van der Waals surface area contributed by atoms with E-state index < -0.39 is 0 Å². The van der Waals surface area contributed by atoms with Gasteiger partial charge in [-0.3, -0.25) is 4.79 Å². The van der Waals surface area contributed by atoms with Crippen molar-refractivity contribution in [2.45, 2.75) is 39.8 Å². The Morgan fingerprint density at radius 3 is 2.65 bits per heavy atom. The third kappa shape index (κ3) is 5.92. The van der Waals surface area contributed by atoms with E-state index in [4.69, 9.17) is 4.74 Å². The Kier molecular flexibility index (Phi) is 6.49. The average molecular weight is 343 g/mol. The summed E-state index contributed by atoms with van der Waals surface area (Å²) in [6, 6.07) is 5.87. The van der Waals surface area contributed by atoms with Crippen LogP contribution in [0, 0.1) is 0 Å². The van der Waals surface area contributed by atoms with Crippen LogP contribution in [-0.2, 0) is 11.3 Å². The minimum Gasteiger partial charge on any atom is -0.482 e. The Balaban J connectivity index is 2.75. The molecule has 112 valence electrons. The van der Waals surface area contributed by atoms with Gasteiger partial charge >= 0.3 is 0 Å². The third-order valence-corrected chi connectivity index (χ3v) is 3.20. The quantitative estimate of drug-likeness (QED) is 0.835. The first-order valence-electron chi connectivity index (χ1n) is 6.75. The molecule has 0 aliphatic rings. The fourth-order valence-corrected chi connectivity index (χ4v) is 2.12. The number of hydrogen-bond acceptors (Lipinski definition) is 3. The SMILES string of the molecule is CCNC(=O)COc1c(Br)cccc1CNC(C)(C)C. The molecule has 1 amide bonds. The van der Waals surface area contributed by atoms with Crippen LogP contribution in [0.2, 0.25) is 0 Å². The van der Waals surface area contributed by atoms with Gasteiger partial charge in [-0.1, -0.05) is 12.1 Å². The molecule has 0 unspecified atom stereocenters. The molecule has 0 heterocycles. The van der Waals surface area contributed by atoms with Crippen molar-refractivity contribution >= 4 is 21.8 Å². The zero-order valence-electron chi connectivity index (χ0n) is 12.5. The van der Waals surface area contributed by atoms with Crippen LogP contribution < -0.4 is 15.4 Å². The van der Waals surface area contributed by atoms with E-state index in [1.54, 1.807) is 0 Å². The van der Waals surface area contributed by atoms with Gasteiger partial charge in [-0.15, -0.1) is 0 Å². The number of carbonyl (C=O) groups excluding carboxylic acids is 1. The molecule has 0 saturated carbocycles. The van der Waals surface area contributed by atoms with Gasteiger partial charge in [0.1, 0.15) is 5.75 Å². The van der Waals surface area contributed by atoms with Gasteiger partial charge in [0.05, 0.1) is 4.47 Å². The van der Waals surface area contributed by atoms with Gasteiger partial charge in [0.2, 0.25) is 0 Å². The van der Waals surface area contributed by atoms with Crippen LogP contribution >= 0.6 is 15.9 Å². The summed E-state index contributed by atoms with van der Waals surface area (Å²) in [6.07, 6.45) is 0. The van der Waals surface area contributed by atoms with Gasteiger partial charge in [0.15, 0.2) is 6.61 Å². The van der Waals surface area contributed by atoms with Crippen LogP contribution in [0.3, 0.4) is 0 Å². The monoisotopic (exact) mass is 342 g/mol. The first kappa shape index (κ1) is 17.0. The van der Waals surface area contributed by atoms with Crippen LogP contribution in [0.15, 0.2) is 22.7 Å². The molecule has 0 bridgehead atoms. The number of amides is 1. The van der Waals surface area contributed by atoms with Crippen molar-refractivity contribution in [3.63, 3.8) is 0 Å². The molecule has 1 rings (SSSR count). The largest absolute Gasteiger partial charge is 0.482 e. The first-order chi connectivity index (χ1) is 9.33. The molecule has 0 aliphatic heterocycles. The minimum atomic E-state index is -0.113. The normalized spacial score (nSPS) is 11.2. The lowest BCUT2D eigenvalue weighted by molar-refractivity contribution is -0.123. The zero-order valence-corrected chi connectivity index (χ0v) is 14.1. The second-order valence-corrected chi connectivity index (χ2v) is 6.43. The van der Waals surface area contributed by atoms with Crippen LogP contribution in [-0.4, -0.2) is 24.6 Å². The molecule has 1 aromatic rings.